The van der Waals surface area contributed by atoms with Crippen molar-refractivity contribution in [2.75, 3.05) is 46.1 Å². The predicted molar refractivity (Wildman–Crippen MR) is 345 cm³/mol. The average molecular weight is 1120 g/mol. The Kier molecular flexibility index (Phi) is 20.2. The molecule has 2 unspecified atom stereocenters. The molecule has 10 aromatic rings. The standard InChI is InChI=1S/C70H64N6O2S3/c1-55(77-51-49-73(59-21-9-3-10-22-59)71-53-57-33-37-65(38-34-57)75(61-25-13-5-14-26-61)62-27-15-6-16-28-62)79-67-41-45-69(46-42-67)81-70-47-43-68(44-48-70)80-56(2)78-52-50-74(60-23-11-4-12-24-60)72-54-58-35-39-66(40-36-58)76(63-29-17-7-18-30-63)64-31-19-8-20-32-64/h3-48,53-56H,49-52H2,1-2H3. The smallest absolute Gasteiger partial charge is 0.105 e. The van der Waals surface area contributed by atoms with Gasteiger partial charge in [0.1, 0.15) is 10.9 Å². The highest BCUT2D eigenvalue weighted by molar-refractivity contribution is 8.00. The third kappa shape index (κ3) is 16.4. The molecule has 0 aromatic heterocycles. The summed E-state index contributed by atoms with van der Waals surface area (Å²) in [6, 6.07) is 96.7. The number of anilines is 8. The molecule has 0 aliphatic heterocycles. The van der Waals surface area contributed by atoms with Gasteiger partial charge in [-0.3, -0.25) is 10.0 Å². The summed E-state index contributed by atoms with van der Waals surface area (Å²) in [5.41, 5.74) is 10.5. The minimum atomic E-state index is -0.0459. The molecule has 404 valence electrons. The molecule has 0 fully saturated rings. The molecule has 11 heteroatoms. The molecule has 0 heterocycles. The summed E-state index contributed by atoms with van der Waals surface area (Å²) < 4.78 is 12.7. The van der Waals surface area contributed by atoms with Crippen LogP contribution in [0.25, 0.3) is 0 Å². The molecule has 2 atom stereocenters. The third-order valence-corrected chi connectivity index (χ3v) is 16.0. The van der Waals surface area contributed by atoms with Crippen LogP contribution in [-0.2, 0) is 9.47 Å². The number of hydrogen-bond donors (Lipinski definition) is 0. The van der Waals surface area contributed by atoms with Gasteiger partial charge in [0.25, 0.3) is 0 Å². The zero-order valence-electron chi connectivity index (χ0n) is 45.4. The minimum Gasteiger partial charge on any atom is -0.366 e. The van der Waals surface area contributed by atoms with Gasteiger partial charge in [0, 0.05) is 53.7 Å². The van der Waals surface area contributed by atoms with E-state index in [1.165, 1.54) is 9.79 Å². The molecule has 0 amide bonds. The van der Waals surface area contributed by atoms with Gasteiger partial charge in [-0.1, -0.05) is 169 Å². The lowest BCUT2D eigenvalue weighted by atomic mass is 10.1. The van der Waals surface area contributed by atoms with Crippen molar-refractivity contribution in [3.8, 4) is 0 Å². The molecule has 0 bridgehead atoms. The molecule has 0 saturated heterocycles. The van der Waals surface area contributed by atoms with Gasteiger partial charge < -0.3 is 19.3 Å². The van der Waals surface area contributed by atoms with Crippen molar-refractivity contribution in [1.82, 2.24) is 0 Å². The lowest BCUT2D eigenvalue weighted by Crippen LogP contribution is -2.23. The Morgan fingerprint density at radius 1 is 0.321 bits per heavy atom. The SMILES string of the molecule is CC(OCCN(N=Cc1ccc(N(c2ccccc2)c2ccccc2)cc1)c1ccccc1)Sc1ccc(Sc2ccc(SC(C)OCCN(N=Cc3ccc(N(c4ccccc4)c4ccccc4)cc3)c3ccccc3)cc2)cc1. The first-order valence-corrected chi connectivity index (χ1v) is 29.7. The Morgan fingerprint density at radius 2 is 0.580 bits per heavy atom. The summed E-state index contributed by atoms with van der Waals surface area (Å²) in [7, 11) is 0. The van der Waals surface area contributed by atoms with E-state index in [-0.39, 0.29) is 10.9 Å². The second kappa shape index (κ2) is 29.3. The zero-order chi connectivity index (χ0) is 55.3. The van der Waals surface area contributed by atoms with E-state index in [2.05, 4.69) is 242 Å². The number of rotatable bonds is 26. The van der Waals surface area contributed by atoms with E-state index in [0.717, 1.165) is 66.4 Å². The fourth-order valence-electron chi connectivity index (χ4n) is 8.97. The number of thioether (sulfide) groups is 2. The highest BCUT2D eigenvalue weighted by Gasteiger charge is 2.15. The molecule has 0 radical (unpaired) electrons. The summed E-state index contributed by atoms with van der Waals surface area (Å²) in [4.78, 5) is 9.19. The van der Waals surface area contributed by atoms with Crippen LogP contribution in [0.4, 0.5) is 45.5 Å². The van der Waals surface area contributed by atoms with Gasteiger partial charge in [-0.05, 0) is 171 Å². The number of para-hydroxylation sites is 6. The van der Waals surface area contributed by atoms with Gasteiger partial charge in [0.05, 0.1) is 50.1 Å². The molecule has 81 heavy (non-hydrogen) atoms. The van der Waals surface area contributed by atoms with Crippen LogP contribution in [0.15, 0.2) is 309 Å². The fourth-order valence-corrected chi connectivity index (χ4v) is 11.5. The molecule has 0 aliphatic rings. The molecule has 0 N–H and O–H groups in total. The van der Waals surface area contributed by atoms with Gasteiger partial charge in [0.15, 0.2) is 0 Å². The quantitative estimate of drug-likeness (QED) is 0.0228. The van der Waals surface area contributed by atoms with E-state index in [1.807, 2.05) is 83.1 Å². The molecule has 8 nitrogen and oxygen atoms in total. The Morgan fingerprint density at radius 3 is 0.877 bits per heavy atom. The van der Waals surface area contributed by atoms with Gasteiger partial charge in [0.2, 0.25) is 0 Å². The maximum atomic E-state index is 6.36. The number of benzene rings is 10. The van der Waals surface area contributed by atoms with Gasteiger partial charge >= 0.3 is 0 Å². The Bertz CT molecular complexity index is 3160. The van der Waals surface area contributed by atoms with Crippen molar-refractivity contribution in [2.24, 2.45) is 10.2 Å². The molecule has 10 rings (SSSR count). The number of hydrogen-bond acceptors (Lipinski definition) is 11. The first-order valence-electron chi connectivity index (χ1n) is 27.2. The minimum absolute atomic E-state index is 0.0459. The summed E-state index contributed by atoms with van der Waals surface area (Å²) in [5, 5.41) is 13.9. The Labute approximate surface area is 490 Å². The second-order valence-corrected chi connectivity index (χ2v) is 22.6. The van der Waals surface area contributed by atoms with Crippen molar-refractivity contribution in [3.05, 3.63) is 290 Å². The Balaban J connectivity index is 0.671. The highest BCUT2D eigenvalue weighted by Crippen LogP contribution is 2.37. The first kappa shape index (κ1) is 56.0. The number of nitrogens with zero attached hydrogens (tertiary/aromatic N) is 6. The normalized spacial score (nSPS) is 12.1. The summed E-state index contributed by atoms with van der Waals surface area (Å²) in [6.45, 7) is 6.44. The van der Waals surface area contributed by atoms with Crippen molar-refractivity contribution in [3.63, 3.8) is 0 Å². The van der Waals surface area contributed by atoms with Gasteiger partial charge in [-0.25, -0.2) is 0 Å². The van der Waals surface area contributed by atoms with E-state index < -0.39 is 0 Å². The first-order chi connectivity index (χ1) is 40.0. The fraction of sp³-hybridized carbons (Fsp3) is 0.114. The molecular formula is C70H64N6O2S3. The lowest BCUT2D eigenvalue weighted by molar-refractivity contribution is 0.130. The third-order valence-electron chi connectivity index (χ3n) is 13.0. The van der Waals surface area contributed by atoms with Gasteiger partial charge in [-0.2, -0.15) is 10.2 Å². The van der Waals surface area contributed by atoms with Crippen molar-refractivity contribution in [1.29, 1.82) is 0 Å². The predicted octanol–water partition coefficient (Wildman–Crippen LogP) is 18.8. The largest absolute Gasteiger partial charge is 0.366 e. The van der Waals surface area contributed by atoms with Crippen LogP contribution in [0.1, 0.15) is 25.0 Å². The van der Waals surface area contributed by atoms with Gasteiger partial charge in [-0.15, -0.1) is 0 Å². The summed E-state index contributed by atoms with van der Waals surface area (Å²) >= 11 is 5.18. The van der Waals surface area contributed by atoms with Crippen LogP contribution in [0.3, 0.4) is 0 Å². The van der Waals surface area contributed by atoms with Crippen LogP contribution in [0.5, 0.6) is 0 Å². The summed E-state index contributed by atoms with van der Waals surface area (Å²) in [5.74, 6) is 0. The van der Waals surface area contributed by atoms with Crippen LogP contribution in [0, 0.1) is 0 Å². The van der Waals surface area contributed by atoms with E-state index in [1.54, 1.807) is 35.3 Å². The molecular weight excluding hydrogens is 1050 g/mol. The molecule has 0 spiro atoms. The Hall–Kier alpha value is -8.29. The molecule has 10 aromatic carbocycles. The van der Waals surface area contributed by atoms with Crippen molar-refractivity contribution in [2.45, 2.75) is 44.3 Å². The number of ether oxygens (including phenoxy) is 2. The zero-order valence-corrected chi connectivity index (χ0v) is 47.9. The average Bonchev–Trinajstić information content (AvgIpc) is 3.53. The number of hydrazone groups is 2. The van der Waals surface area contributed by atoms with E-state index in [0.29, 0.717) is 26.3 Å². The topological polar surface area (TPSA) is 56.1 Å². The van der Waals surface area contributed by atoms with Crippen LogP contribution >= 0.6 is 35.3 Å². The molecule has 0 aliphatic carbocycles. The van der Waals surface area contributed by atoms with E-state index >= 15 is 0 Å². The highest BCUT2D eigenvalue weighted by atomic mass is 32.2. The maximum absolute atomic E-state index is 6.36. The molecule has 0 saturated carbocycles. The lowest BCUT2D eigenvalue weighted by Gasteiger charge is -2.25. The van der Waals surface area contributed by atoms with Crippen LogP contribution in [0.2, 0.25) is 0 Å². The summed E-state index contributed by atoms with van der Waals surface area (Å²) in [6.07, 6.45) is 3.84. The van der Waals surface area contributed by atoms with Crippen LogP contribution in [-0.4, -0.2) is 49.6 Å². The van der Waals surface area contributed by atoms with Crippen molar-refractivity contribution < 1.29 is 9.47 Å². The maximum Gasteiger partial charge on any atom is 0.105 e. The van der Waals surface area contributed by atoms with Crippen LogP contribution < -0.4 is 19.8 Å². The van der Waals surface area contributed by atoms with E-state index in [9.17, 15) is 0 Å². The second-order valence-electron chi connectivity index (χ2n) is 18.8. The van der Waals surface area contributed by atoms with E-state index in [4.69, 9.17) is 19.7 Å². The monoisotopic (exact) mass is 1120 g/mol. The van der Waals surface area contributed by atoms with Crippen molar-refractivity contribution >= 4 is 93.2 Å².